The van der Waals surface area contributed by atoms with Gasteiger partial charge in [0.2, 0.25) is 5.91 Å². The van der Waals surface area contributed by atoms with Crippen LogP contribution in [0.15, 0.2) is 60.8 Å². The molecule has 2 aromatic carbocycles. The van der Waals surface area contributed by atoms with Gasteiger partial charge in [0.15, 0.2) is 0 Å². The van der Waals surface area contributed by atoms with Crippen molar-refractivity contribution in [1.29, 1.82) is 0 Å². The van der Waals surface area contributed by atoms with Gasteiger partial charge in [-0.25, -0.2) is 0 Å². The van der Waals surface area contributed by atoms with E-state index in [2.05, 4.69) is 65.9 Å². The molecule has 4 rings (SSSR count). The molecule has 6 heteroatoms. The molecule has 0 unspecified atom stereocenters. The number of aryl methyl sites for hydroxylation is 1. The third-order valence-corrected chi connectivity index (χ3v) is 5.88. The fourth-order valence-electron chi connectivity index (χ4n) is 4.24. The third-order valence-electron chi connectivity index (χ3n) is 5.88. The van der Waals surface area contributed by atoms with Crippen LogP contribution in [0.4, 0.5) is 0 Å². The molecular weight excluding hydrogens is 400 g/mol. The second kappa shape index (κ2) is 10.6. The molecule has 1 N–H and O–H groups in total. The van der Waals surface area contributed by atoms with Crippen molar-refractivity contribution in [3.8, 4) is 11.1 Å². The summed E-state index contributed by atoms with van der Waals surface area (Å²) in [6, 6.07) is 18.9. The topological polar surface area (TPSA) is 69.0 Å². The van der Waals surface area contributed by atoms with Gasteiger partial charge in [-0.05, 0) is 41.9 Å². The number of hydrogen-bond acceptors (Lipinski definition) is 4. The summed E-state index contributed by atoms with van der Waals surface area (Å²) in [7, 11) is 0. The molecule has 32 heavy (non-hydrogen) atoms. The van der Waals surface area contributed by atoms with Gasteiger partial charge in [0, 0.05) is 12.5 Å². The average Bonchev–Trinajstić information content (AvgIpc) is 3.24. The zero-order valence-electron chi connectivity index (χ0n) is 18.9. The Morgan fingerprint density at radius 2 is 1.84 bits per heavy atom. The summed E-state index contributed by atoms with van der Waals surface area (Å²) in [6.07, 6.45) is 4.21. The van der Waals surface area contributed by atoms with Crippen molar-refractivity contribution < 1.29 is 9.53 Å². The molecule has 0 aliphatic carbocycles. The Morgan fingerprint density at radius 1 is 1.09 bits per heavy atom. The Kier molecular flexibility index (Phi) is 7.32. The Labute approximate surface area is 190 Å². The van der Waals surface area contributed by atoms with Gasteiger partial charge in [0.1, 0.15) is 5.69 Å². The first-order chi connectivity index (χ1) is 15.6. The molecule has 2 bridgehead atoms. The molecular formula is C26H32N4O2. The minimum atomic E-state index is -0.140. The van der Waals surface area contributed by atoms with Crippen LogP contribution >= 0.6 is 0 Å². The standard InChI is InChI=1S/C26H32N4O2/c1-19(2)14-24-17-32-18-25-16-30(29-28-25)13-12-23(26(31)27-24)15-20-8-10-22(11-9-20)21-6-4-3-5-7-21/h3-11,16,19,23-24H,12-15,17-18H2,1-2H3,(H,27,31)/t23-,24-/m1/s1. The molecule has 1 aliphatic rings. The summed E-state index contributed by atoms with van der Waals surface area (Å²) < 4.78 is 7.65. The van der Waals surface area contributed by atoms with Crippen molar-refractivity contribution in [3.05, 3.63) is 72.1 Å². The maximum atomic E-state index is 13.3. The van der Waals surface area contributed by atoms with E-state index in [9.17, 15) is 4.79 Å². The molecule has 2 heterocycles. The molecule has 168 valence electrons. The van der Waals surface area contributed by atoms with Gasteiger partial charge in [-0.3, -0.25) is 9.48 Å². The van der Waals surface area contributed by atoms with Crippen LogP contribution in [0.3, 0.4) is 0 Å². The second-order valence-corrected chi connectivity index (χ2v) is 9.08. The number of carbonyl (C=O) groups excluding carboxylic acids is 1. The number of aromatic nitrogens is 3. The highest BCUT2D eigenvalue weighted by Gasteiger charge is 2.24. The number of fused-ring (bicyclic) bond motifs is 2. The Morgan fingerprint density at radius 3 is 2.59 bits per heavy atom. The first-order valence-corrected chi connectivity index (χ1v) is 11.5. The average molecular weight is 433 g/mol. The van der Waals surface area contributed by atoms with Crippen LogP contribution in [0.25, 0.3) is 11.1 Å². The molecule has 2 atom stereocenters. The summed E-state index contributed by atoms with van der Waals surface area (Å²) in [5.41, 5.74) is 4.37. The smallest absolute Gasteiger partial charge is 0.223 e. The molecule has 3 aromatic rings. The molecule has 1 aliphatic heterocycles. The third kappa shape index (κ3) is 6.04. The Balaban J connectivity index is 1.50. The molecule has 1 aromatic heterocycles. The van der Waals surface area contributed by atoms with Crippen molar-refractivity contribution in [1.82, 2.24) is 20.3 Å². The van der Waals surface area contributed by atoms with E-state index in [1.165, 1.54) is 11.1 Å². The number of ether oxygens (including phenoxy) is 1. The van der Waals surface area contributed by atoms with Crippen LogP contribution in [0.5, 0.6) is 0 Å². The van der Waals surface area contributed by atoms with E-state index in [4.69, 9.17) is 4.74 Å². The predicted molar refractivity (Wildman–Crippen MR) is 125 cm³/mol. The number of nitrogens with zero attached hydrogens (tertiary/aromatic N) is 3. The number of amides is 1. The predicted octanol–water partition coefficient (Wildman–Crippen LogP) is 4.26. The number of nitrogens with one attached hydrogen (secondary N) is 1. The molecule has 0 saturated carbocycles. The van der Waals surface area contributed by atoms with E-state index in [1.807, 2.05) is 29.1 Å². The van der Waals surface area contributed by atoms with Gasteiger partial charge in [0.05, 0.1) is 25.5 Å². The maximum absolute atomic E-state index is 13.3. The summed E-state index contributed by atoms with van der Waals surface area (Å²) in [6.45, 7) is 5.89. The number of hydrogen-bond donors (Lipinski definition) is 1. The lowest BCUT2D eigenvalue weighted by molar-refractivity contribution is -0.126. The number of carbonyl (C=O) groups is 1. The molecule has 0 spiro atoms. The second-order valence-electron chi connectivity index (χ2n) is 9.08. The van der Waals surface area contributed by atoms with Crippen molar-refractivity contribution in [2.75, 3.05) is 6.61 Å². The fraction of sp³-hybridized carbons (Fsp3) is 0.423. The van der Waals surface area contributed by atoms with Crippen molar-refractivity contribution in [2.24, 2.45) is 11.8 Å². The van der Waals surface area contributed by atoms with Crippen LogP contribution in [-0.4, -0.2) is 33.5 Å². The molecule has 1 amide bonds. The highest BCUT2D eigenvalue weighted by molar-refractivity contribution is 5.79. The largest absolute Gasteiger partial charge is 0.373 e. The van der Waals surface area contributed by atoms with Gasteiger partial charge < -0.3 is 10.1 Å². The van der Waals surface area contributed by atoms with Crippen molar-refractivity contribution in [3.63, 3.8) is 0 Å². The van der Waals surface area contributed by atoms with Gasteiger partial charge in [-0.1, -0.05) is 73.7 Å². The van der Waals surface area contributed by atoms with Crippen LogP contribution < -0.4 is 5.32 Å². The minimum Gasteiger partial charge on any atom is -0.373 e. The zero-order valence-corrected chi connectivity index (χ0v) is 18.9. The van der Waals surface area contributed by atoms with E-state index < -0.39 is 0 Å². The quantitative estimate of drug-likeness (QED) is 0.654. The number of rotatable bonds is 5. The molecule has 0 radical (unpaired) electrons. The van der Waals surface area contributed by atoms with E-state index in [0.717, 1.165) is 17.7 Å². The van der Waals surface area contributed by atoms with Crippen LogP contribution in [-0.2, 0) is 29.1 Å². The van der Waals surface area contributed by atoms with E-state index in [1.54, 1.807) is 0 Å². The highest BCUT2D eigenvalue weighted by atomic mass is 16.5. The highest BCUT2D eigenvalue weighted by Crippen LogP contribution is 2.22. The lowest BCUT2D eigenvalue weighted by Gasteiger charge is -2.24. The van der Waals surface area contributed by atoms with Crippen LogP contribution in [0.2, 0.25) is 0 Å². The summed E-state index contributed by atoms with van der Waals surface area (Å²) in [5.74, 6) is 0.424. The van der Waals surface area contributed by atoms with Crippen LogP contribution in [0.1, 0.15) is 37.9 Å². The van der Waals surface area contributed by atoms with E-state index in [0.29, 0.717) is 38.5 Å². The van der Waals surface area contributed by atoms with E-state index in [-0.39, 0.29) is 17.9 Å². The lowest BCUT2D eigenvalue weighted by Crippen LogP contribution is -2.43. The SMILES string of the molecule is CC(C)C[C@@H]1COCc2cn(nn2)CC[C@H](Cc2ccc(-c3ccccc3)cc2)C(=O)N1. The fourth-order valence-corrected chi connectivity index (χ4v) is 4.24. The monoisotopic (exact) mass is 432 g/mol. The summed E-state index contributed by atoms with van der Waals surface area (Å²) in [4.78, 5) is 13.3. The molecule has 6 nitrogen and oxygen atoms in total. The minimum absolute atomic E-state index is 0.0000666. The Bertz CT molecular complexity index is 998. The summed E-state index contributed by atoms with van der Waals surface area (Å²) in [5, 5.41) is 11.7. The van der Waals surface area contributed by atoms with Gasteiger partial charge in [-0.15, -0.1) is 5.10 Å². The Hall–Kier alpha value is -2.99. The van der Waals surface area contributed by atoms with Crippen molar-refractivity contribution >= 4 is 5.91 Å². The van der Waals surface area contributed by atoms with Crippen molar-refractivity contribution in [2.45, 2.75) is 52.3 Å². The van der Waals surface area contributed by atoms with Gasteiger partial charge in [0.25, 0.3) is 0 Å². The number of benzene rings is 2. The van der Waals surface area contributed by atoms with E-state index >= 15 is 0 Å². The normalized spacial score (nSPS) is 19.8. The summed E-state index contributed by atoms with van der Waals surface area (Å²) >= 11 is 0. The molecule has 0 saturated heterocycles. The van der Waals surface area contributed by atoms with Gasteiger partial charge in [-0.2, -0.15) is 0 Å². The zero-order chi connectivity index (χ0) is 22.3. The first kappa shape index (κ1) is 22.2. The maximum Gasteiger partial charge on any atom is 0.223 e. The first-order valence-electron chi connectivity index (χ1n) is 11.5. The lowest BCUT2D eigenvalue weighted by atomic mass is 9.93. The van der Waals surface area contributed by atoms with Gasteiger partial charge >= 0.3 is 0 Å². The van der Waals surface area contributed by atoms with Crippen LogP contribution in [0, 0.1) is 11.8 Å². The molecule has 0 fully saturated rings.